The van der Waals surface area contributed by atoms with Gasteiger partial charge in [0.15, 0.2) is 6.61 Å². The first kappa shape index (κ1) is 14.8. The Bertz CT molecular complexity index is 595. The zero-order valence-electron chi connectivity index (χ0n) is 10.7. The molecule has 0 fully saturated rings. The number of aromatic nitrogens is 1. The minimum atomic E-state index is -0.561. The van der Waals surface area contributed by atoms with E-state index < -0.39 is 5.97 Å². The lowest BCUT2D eigenvalue weighted by atomic mass is 10.3. The monoisotopic (exact) mass is 356 g/mol. The highest BCUT2D eigenvalue weighted by molar-refractivity contribution is 9.10. The van der Waals surface area contributed by atoms with E-state index in [1.165, 1.54) is 0 Å². The molecule has 1 amide bonds. The molecule has 0 aliphatic heterocycles. The number of carbonyl (C=O) groups is 2. The molecule has 106 valence electrons. The van der Waals surface area contributed by atoms with Crippen molar-refractivity contribution in [3.05, 3.63) is 44.8 Å². The number of hydrogen-bond acceptors (Lipinski definition) is 4. The quantitative estimate of drug-likeness (QED) is 0.809. The number of H-pyrrole nitrogens is 1. The smallest absolute Gasteiger partial charge is 0.355 e. The van der Waals surface area contributed by atoms with Crippen LogP contribution in [0.1, 0.15) is 28.3 Å². The van der Waals surface area contributed by atoms with E-state index in [4.69, 9.17) is 4.74 Å². The minimum absolute atomic E-state index is 0.0964. The van der Waals surface area contributed by atoms with Crippen molar-refractivity contribution in [3.63, 3.8) is 0 Å². The molecule has 20 heavy (non-hydrogen) atoms. The first-order valence-corrected chi connectivity index (χ1v) is 7.57. The largest absolute Gasteiger partial charge is 0.451 e. The normalized spacial score (nSPS) is 11.9. The predicted molar refractivity (Wildman–Crippen MR) is 79.7 cm³/mol. The SMILES string of the molecule is CC(NC(=O)COC(=O)c1cc(Br)c[nH]1)c1cccs1. The summed E-state index contributed by atoms with van der Waals surface area (Å²) in [5.41, 5.74) is 0.302. The zero-order valence-corrected chi connectivity index (χ0v) is 13.1. The summed E-state index contributed by atoms with van der Waals surface area (Å²) in [6, 6.07) is 5.36. The molecule has 2 rings (SSSR count). The molecule has 0 aliphatic carbocycles. The van der Waals surface area contributed by atoms with Gasteiger partial charge >= 0.3 is 5.97 Å². The van der Waals surface area contributed by atoms with Crippen molar-refractivity contribution in [2.24, 2.45) is 0 Å². The number of rotatable bonds is 5. The van der Waals surface area contributed by atoms with Gasteiger partial charge in [0.05, 0.1) is 6.04 Å². The number of thiophene rings is 1. The van der Waals surface area contributed by atoms with Gasteiger partial charge in [0.2, 0.25) is 0 Å². The first-order chi connectivity index (χ1) is 9.56. The van der Waals surface area contributed by atoms with Crippen LogP contribution in [0.4, 0.5) is 0 Å². The molecule has 0 aromatic carbocycles. The lowest BCUT2D eigenvalue weighted by molar-refractivity contribution is -0.124. The molecule has 0 saturated carbocycles. The predicted octanol–water partition coefficient (Wildman–Crippen LogP) is 2.87. The van der Waals surface area contributed by atoms with Gasteiger partial charge in [-0.25, -0.2) is 4.79 Å². The first-order valence-electron chi connectivity index (χ1n) is 5.90. The van der Waals surface area contributed by atoms with Gasteiger partial charge in [-0.05, 0) is 40.4 Å². The third-order valence-corrected chi connectivity index (χ3v) is 4.06. The number of aromatic amines is 1. The Morgan fingerprint density at radius 2 is 2.35 bits per heavy atom. The maximum Gasteiger partial charge on any atom is 0.355 e. The summed E-state index contributed by atoms with van der Waals surface area (Å²) in [5, 5.41) is 4.71. The molecule has 0 saturated heterocycles. The third kappa shape index (κ3) is 3.94. The molecular weight excluding hydrogens is 344 g/mol. The molecule has 0 aliphatic rings. The number of hydrogen-bond donors (Lipinski definition) is 2. The van der Waals surface area contributed by atoms with E-state index in [-0.39, 0.29) is 18.6 Å². The topological polar surface area (TPSA) is 71.2 Å². The van der Waals surface area contributed by atoms with Crippen molar-refractivity contribution in [1.29, 1.82) is 0 Å². The standard InChI is InChI=1S/C13H13BrN2O3S/c1-8(11-3-2-4-20-11)16-12(17)7-19-13(18)10-5-9(14)6-15-10/h2-6,8,15H,7H2,1H3,(H,16,17). The number of nitrogens with one attached hydrogen (secondary N) is 2. The van der Waals surface area contributed by atoms with Crippen LogP contribution < -0.4 is 5.32 Å². The molecule has 0 spiro atoms. The summed E-state index contributed by atoms with van der Waals surface area (Å²) in [6.07, 6.45) is 1.62. The minimum Gasteiger partial charge on any atom is -0.451 e. The van der Waals surface area contributed by atoms with Gasteiger partial charge in [-0.3, -0.25) is 4.79 Å². The summed E-state index contributed by atoms with van der Waals surface area (Å²) >= 11 is 4.78. The molecule has 0 radical (unpaired) electrons. The Labute approximate surface area is 128 Å². The van der Waals surface area contributed by atoms with Crippen molar-refractivity contribution in [3.8, 4) is 0 Å². The number of carbonyl (C=O) groups excluding carboxylic acids is 2. The van der Waals surface area contributed by atoms with Gasteiger partial charge in [-0.1, -0.05) is 6.07 Å². The lowest BCUT2D eigenvalue weighted by Crippen LogP contribution is -2.30. The lowest BCUT2D eigenvalue weighted by Gasteiger charge is -2.12. The van der Waals surface area contributed by atoms with Crippen LogP contribution in [0.2, 0.25) is 0 Å². The summed E-state index contributed by atoms with van der Waals surface area (Å²) in [7, 11) is 0. The number of halogens is 1. The van der Waals surface area contributed by atoms with Crippen molar-refractivity contribution in [2.75, 3.05) is 6.61 Å². The van der Waals surface area contributed by atoms with E-state index in [0.29, 0.717) is 5.69 Å². The average Bonchev–Trinajstić information content (AvgIpc) is 3.06. The molecule has 2 N–H and O–H groups in total. The molecule has 5 nitrogen and oxygen atoms in total. The molecule has 1 atom stereocenters. The summed E-state index contributed by atoms with van der Waals surface area (Å²) in [4.78, 5) is 27.1. The fourth-order valence-corrected chi connectivity index (χ4v) is 2.66. The second kappa shape index (κ2) is 6.71. The Morgan fingerprint density at radius 3 is 2.95 bits per heavy atom. The summed E-state index contributed by atoms with van der Waals surface area (Å²) < 4.78 is 5.67. The fraction of sp³-hybridized carbons (Fsp3) is 0.231. The Balaban J connectivity index is 1.79. The summed E-state index contributed by atoms with van der Waals surface area (Å²) in [5.74, 6) is -0.889. The van der Waals surface area contributed by atoms with Crippen molar-refractivity contribution in [1.82, 2.24) is 10.3 Å². The molecular formula is C13H13BrN2O3S. The maximum absolute atomic E-state index is 11.7. The van der Waals surface area contributed by atoms with Crippen molar-refractivity contribution >= 4 is 39.1 Å². The van der Waals surface area contributed by atoms with Gasteiger partial charge in [-0.2, -0.15) is 0 Å². The third-order valence-electron chi connectivity index (χ3n) is 2.55. The Kier molecular flexibility index (Phi) is 4.97. The Morgan fingerprint density at radius 1 is 1.55 bits per heavy atom. The van der Waals surface area contributed by atoms with Crippen LogP contribution >= 0.6 is 27.3 Å². The van der Waals surface area contributed by atoms with Crippen LogP contribution in [0.15, 0.2) is 34.2 Å². The van der Waals surface area contributed by atoms with Crippen LogP contribution in [0.5, 0.6) is 0 Å². The van der Waals surface area contributed by atoms with E-state index in [9.17, 15) is 9.59 Å². The van der Waals surface area contributed by atoms with Crippen LogP contribution in [0, 0.1) is 0 Å². The van der Waals surface area contributed by atoms with Crippen LogP contribution in [-0.4, -0.2) is 23.5 Å². The second-order valence-electron chi connectivity index (χ2n) is 4.11. The number of ether oxygens (including phenoxy) is 1. The molecule has 0 bridgehead atoms. The van der Waals surface area contributed by atoms with Gasteiger partial charge in [0, 0.05) is 15.5 Å². The zero-order chi connectivity index (χ0) is 14.5. The van der Waals surface area contributed by atoms with E-state index in [1.54, 1.807) is 23.6 Å². The molecule has 7 heteroatoms. The average molecular weight is 357 g/mol. The van der Waals surface area contributed by atoms with Gasteiger partial charge < -0.3 is 15.0 Å². The van der Waals surface area contributed by atoms with Crippen LogP contribution in [-0.2, 0) is 9.53 Å². The van der Waals surface area contributed by atoms with Crippen molar-refractivity contribution < 1.29 is 14.3 Å². The highest BCUT2D eigenvalue weighted by Crippen LogP contribution is 2.17. The van der Waals surface area contributed by atoms with Crippen molar-refractivity contribution in [2.45, 2.75) is 13.0 Å². The van der Waals surface area contributed by atoms with E-state index in [2.05, 4.69) is 26.2 Å². The second-order valence-corrected chi connectivity index (χ2v) is 6.01. The molecule has 2 aromatic rings. The Hall–Kier alpha value is -1.60. The molecule has 2 heterocycles. The van der Waals surface area contributed by atoms with Gasteiger partial charge in [-0.15, -0.1) is 11.3 Å². The van der Waals surface area contributed by atoms with Crippen LogP contribution in [0.3, 0.4) is 0 Å². The molecule has 1 unspecified atom stereocenters. The maximum atomic E-state index is 11.7. The van der Waals surface area contributed by atoms with E-state index in [0.717, 1.165) is 9.35 Å². The molecule has 2 aromatic heterocycles. The number of esters is 1. The highest BCUT2D eigenvalue weighted by Gasteiger charge is 2.14. The fourth-order valence-electron chi connectivity index (χ4n) is 1.59. The number of amides is 1. The van der Waals surface area contributed by atoms with Crippen LogP contribution in [0.25, 0.3) is 0 Å². The summed E-state index contributed by atoms with van der Waals surface area (Å²) in [6.45, 7) is 1.58. The van der Waals surface area contributed by atoms with E-state index in [1.807, 2.05) is 24.4 Å². The van der Waals surface area contributed by atoms with E-state index >= 15 is 0 Å². The highest BCUT2D eigenvalue weighted by atomic mass is 79.9. The van der Waals surface area contributed by atoms with Gasteiger partial charge in [0.25, 0.3) is 5.91 Å². The van der Waals surface area contributed by atoms with Gasteiger partial charge in [0.1, 0.15) is 5.69 Å².